The Balaban J connectivity index is 1.94. The van der Waals surface area contributed by atoms with E-state index >= 15 is 0 Å². The first-order valence-electron chi connectivity index (χ1n) is 6.50. The monoisotopic (exact) mass is 276 g/mol. The molecule has 0 aliphatic carbocycles. The first-order valence-corrected chi connectivity index (χ1v) is 6.50. The molecule has 3 N–H and O–H groups in total. The van der Waals surface area contributed by atoms with Gasteiger partial charge < -0.3 is 20.2 Å². The first-order chi connectivity index (χ1) is 9.46. The van der Waals surface area contributed by atoms with Crippen molar-refractivity contribution in [3.63, 3.8) is 0 Å². The van der Waals surface area contributed by atoms with Gasteiger partial charge in [-0.1, -0.05) is 17.2 Å². The van der Waals surface area contributed by atoms with Gasteiger partial charge in [0.05, 0.1) is 13.2 Å². The number of hydrogen-bond acceptors (Lipinski definition) is 6. The molecule has 1 heterocycles. The van der Waals surface area contributed by atoms with Crippen molar-refractivity contribution >= 4 is 11.7 Å². The van der Waals surface area contributed by atoms with Gasteiger partial charge >= 0.3 is 6.01 Å². The molecule has 2 rings (SSSR count). The van der Waals surface area contributed by atoms with Crippen LogP contribution in [0.3, 0.4) is 0 Å². The Morgan fingerprint density at radius 2 is 1.85 bits per heavy atom. The van der Waals surface area contributed by atoms with E-state index in [0.717, 1.165) is 11.3 Å². The summed E-state index contributed by atoms with van der Waals surface area (Å²) in [6.45, 7) is 6.78. The second-order valence-corrected chi connectivity index (χ2v) is 5.58. The molecule has 0 fully saturated rings. The number of benzene rings is 1. The van der Waals surface area contributed by atoms with Crippen molar-refractivity contribution in [2.24, 2.45) is 0 Å². The van der Waals surface area contributed by atoms with Crippen LogP contribution in [-0.2, 0) is 13.2 Å². The number of rotatable bonds is 5. The van der Waals surface area contributed by atoms with E-state index < -0.39 is 0 Å². The fraction of sp³-hybridized carbons (Fsp3) is 0.429. The molecule has 6 heteroatoms. The lowest BCUT2D eigenvalue weighted by Crippen LogP contribution is -2.35. The van der Waals surface area contributed by atoms with Crippen molar-refractivity contribution in [1.29, 1.82) is 0 Å². The lowest BCUT2D eigenvalue weighted by Gasteiger charge is -2.18. The molecule has 1 aromatic carbocycles. The average molecular weight is 276 g/mol. The quantitative estimate of drug-likeness (QED) is 0.776. The van der Waals surface area contributed by atoms with Crippen LogP contribution in [0.15, 0.2) is 28.7 Å². The highest BCUT2D eigenvalue weighted by molar-refractivity contribution is 5.52. The fourth-order valence-electron chi connectivity index (χ4n) is 1.53. The number of hydrogen-bond donors (Lipinski definition) is 3. The van der Waals surface area contributed by atoms with Gasteiger partial charge in [0, 0.05) is 11.2 Å². The minimum atomic E-state index is 0.00217. The summed E-state index contributed by atoms with van der Waals surface area (Å²) in [6.07, 6.45) is 0. The van der Waals surface area contributed by atoms with Crippen LogP contribution in [0.1, 0.15) is 32.2 Å². The molecule has 0 atom stereocenters. The minimum absolute atomic E-state index is 0.00217. The SMILES string of the molecule is CC(C)(C)NCc1nnc(Nc2ccc(CO)cc2)o1. The average Bonchev–Trinajstić information content (AvgIpc) is 2.84. The van der Waals surface area contributed by atoms with Crippen molar-refractivity contribution in [1.82, 2.24) is 15.5 Å². The Hall–Kier alpha value is -1.92. The molecule has 0 saturated carbocycles. The maximum Gasteiger partial charge on any atom is 0.320 e. The maximum absolute atomic E-state index is 8.98. The summed E-state index contributed by atoms with van der Waals surface area (Å²) < 4.78 is 5.49. The van der Waals surface area contributed by atoms with Crippen LogP contribution in [0, 0.1) is 0 Å². The van der Waals surface area contributed by atoms with Crippen LogP contribution >= 0.6 is 0 Å². The van der Waals surface area contributed by atoms with Gasteiger partial charge in [-0.3, -0.25) is 0 Å². The van der Waals surface area contributed by atoms with Crippen LogP contribution < -0.4 is 10.6 Å². The largest absolute Gasteiger partial charge is 0.406 e. The molecule has 0 saturated heterocycles. The maximum atomic E-state index is 8.98. The summed E-state index contributed by atoms with van der Waals surface area (Å²) >= 11 is 0. The molecule has 0 aliphatic heterocycles. The predicted molar refractivity (Wildman–Crippen MR) is 76.5 cm³/mol. The molecule has 108 valence electrons. The number of aliphatic hydroxyl groups excluding tert-OH is 1. The lowest BCUT2D eigenvalue weighted by atomic mass is 10.1. The minimum Gasteiger partial charge on any atom is -0.406 e. The molecule has 0 amide bonds. The van der Waals surface area contributed by atoms with E-state index in [4.69, 9.17) is 9.52 Å². The van der Waals surface area contributed by atoms with Gasteiger partial charge in [-0.15, -0.1) is 5.10 Å². The van der Waals surface area contributed by atoms with Gasteiger partial charge in [0.1, 0.15) is 0 Å². The zero-order valence-electron chi connectivity index (χ0n) is 12.0. The van der Waals surface area contributed by atoms with Crippen molar-refractivity contribution in [3.05, 3.63) is 35.7 Å². The molecule has 0 unspecified atom stereocenters. The number of anilines is 2. The summed E-state index contributed by atoms with van der Waals surface area (Å²) in [5, 5.41) is 23.2. The third-order valence-corrected chi connectivity index (χ3v) is 2.62. The third-order valence-electron chi connectivity index (χ3n) is 2.62. The number of aromatic nitrogens is 2. The molecule has 0 spiro atoms. The van der Waals surface area contributed by atoms with Crippen molar-refractivity contribution in [2.75, 3.05) is 5.32 Å². The summed E-state index contributed by atoms with van der Waals surface area (Å²) in [6, 6.07) is 7.72. The van der Waals surface area contributed by atoms with Crippen molar-refractivity contribution < 1.29 is 9.52 Å². The van der Waals surface area contributed by atoms with Crippen LogP contribution in [0.4, 0.5) is 11.7 Å². The molecule has 0 bridgehead atoms. The normalized spacial score (nSPS) is 11.6. The molecule has 1 aromatic heterocycles. The summed E-state index contributed by atoms with van der Waals surface area (Å²) in [7, 11) is 0. The van der Waals surface area contributed by atoms with Crippen molar-refractivity contribution in [2.45, 2.75) is 39.5 Å². The standard InChI is InChI=1S/C14H20N4O2/c1-14(2,3)15-8-12-17-18-13(20-12)16-11-6-4-10(9-19)5-7-11/h4-7,15,19H,8-9H2,1-3H3,(H,16,18). The number of nitrogens with zero attached hydrogens (tertiary/aromatic N) is 2. The Morgan fingerprint density at radius 3 is 2.45 bits per heavy atom. The van der Waals surface area contributed by atoms with Gasteiger partial charge in [0.15, 0.2) is 0 Å². The van der Waals surface area contributed by atoms with E-state index in [1.165, 1.54) is 0 Å². The Bertz CT molecular complexity index is 543. The summed E-state index contributed by atoms with van der Waals surface area (Å²) in [5.74, 6) is 0.536. The second kappa shape index (κ2) is 6.02. The first kappa shape index (κ1) is 14.5. The molecule has 6 nitrogen and oxygen atoms in total. The topological polar surface area (TPSA) is 83.2 Å². The number of aliphatic hydroxyl groups is 1. The third kappa shape index (κ3) is 4.32. The zero-order valence-corrected chi connectivity index (χ0v) is 12.0. The number of nitrogens with one attached hydrogen (secondary N) is 2. The van der Waals surface area contributed by atoms with E-state index in [9.17, 15) is 0 Å². The highest BCUT2D eigenvalue weighted by atomic mass is 16.4. The second-order valence-electron chi connectivity index (χ2n) is 5.58. The molecular formula is C14H20N4O2. The van der Waals surface area contributed by atoms with Gasteiger partial charge in [-0.25, -0.2) is 0 Å². The highest BCUT2D eigenvalue weighted by Gasteiger charge is 2.12. The van der Waals surface area contributed by atoms with Crippen molar-refractivity contribution in [3.8, 4) is 0 Å². The van der Waals surface area contributed by atoms with Gasteiger partial charge in [-0.05, 0) is 38.5 Å². The van der Waals surface area contributed by atoms with E-state index in [1.807, 2.05) is 24.3 Å². The molecular weight excluding hydrogens is 256 g/mol. The molecule has 2 aromatic rings. The van der Waals surface area contributed by atoms with Crippen LogP contribution in [-0.4, -0.2) is 20.8 Å². The molecule has 0 radical (unpaired) electrons. The van der Waals surface area contributed by atoms with Gasteiger partial charge in [0.2, 0.25) is 5.89 Å². The molecule has 0 aliphatic rings. The summed E-state index contributed by atoms with van der Waals surface area (Å²) in [5.41, 5.74) is 1.69. The van der Waals surface area contributed by atoms with E-state index in [1.54, 1.807) is 0 Å². The van der Waals surface area contributed by atoms with Crippen LogP contribution in [0.25, 0.3) is 0 Å². The Kier molecular flexibility index (Phi) is 4.36. The zero-order chi connectivity index (χ0) is 14.6. The Labute approximate surface area is 118 Å². The lowest BCUT2D eigenvalue weighted by molar-refractivity contribution is 0.282. The van der Waals surface area contributed by atoms with Gasteiger partial charge in [-0.2, -0.15) is 0 Å². The van der Waals surface area contributed by atoms with E-state index in [2.05, 4.69) is 41.6 Å². The smallest absolute Gasteiger partial charge is 0.320 e. The fourth-order valence-corrected chi connectivity index (χ4v) is 1.53. The van der Waals surface area contributed by atoms with E-state index in [-0.39, 0.29) is 12.1 Å². The predicted octanol–water partition coefficient (Wildman–Crippen LogP) is 2.19. The molecule has 20 heavy (non-hydrogen) atoms. The van der Waals surface area contributed by atoms with Gasteiger partial charge in [0.25, 0.3) is 0 Å². The van der Waals surface area contributed by atoms with Crippen LogP contribution in [0.2, 0.25) is 0 Å². The Morgan fingerprint density at radius 1 is 1.15 bits per heavy atom. The summed E-state index contributed by atoms with van der Waals surface area (Å²) in [4.78, 5) is 0. The van der Waals surface area contributed by atoms with E-state index in [0.29, 0.717) is 18.5 Å². The van der Waals surface area contributed by atoms with Crippen LogP contribution in [0.5, 0.6) is 0 Å². The highest BCUT2D eigenvalue weighted by Crippen LogP contribution is 2.16.